The molecule has 1 atom stereocenters. The largest absolute Gasteiger partial charge is 0.330 e. The van der Waals surface area contributed by atoms with Crippen molar-refractivity contribution in [1.82, 2.24) is 14.7 Å². The molecule has 0 amide bonds. The second-order valence-electron chi connectivity index (χ2n) is 6.09. The first kappa shape index (κ1) is 14.3. The molecule has 1 aromatic heterocycles. The Kier molecular flexibility index (Phi) is 4.08. The van der Waals surface area contributed by atoms with Crippen molar-refractivity contribution < 1.29 is 0 Å². The van der Waals surface area contributed by atoms with Gasteiger partial charge in [-0.25, -0.2) is 4.68 Å². The lowest BCUT2D eigenvalue weighted by molar-refractivity contribution is 0.317. The van der Waals surface area contributed by atoms with Gasteiger partial charge in [0.05, 0.1) is 11.4 Å². The molecule has 3 rings (SSSR count). The van der Waals surface area contributed by atoms with E-state index >= 15 is 0 Å². The van der Waals surface area contributed by atoms with Gasteiger partial charge in [-0.15, -0.1) is 0 Å². The lowest BCUT2D eigenvalue weighted by Crippen LogP contribution is -2.23. The highest BCUT2D eigenvalue weighted by Gasteiger charge is 2.22. The van der Waals surface area contributed by atoms with Crippen molar-refractivity contribution in [2.75, 3.05) is 19.6 Å². The molecule has 21 heavy (non-hydrogen) atoms. The van der Waals surface area contributed by atoms with Crippen LogP contribution in [0.25, 0.3) is 5.69 Å². The van der Waals surface area contributed by atoms with Crippen LogP contribution in [0.15, 0.2) is 30.3 Å². The normalized spacial score (nSPS) is 19.3. The van der Waals surface area contributed by atoms with Gasteiger partial charge in [-0.1, -0.05) is 18.2 Å². The van der Waals surface area contributed by atoms with Gasteiger partial charge in [0.1, 0.15) is 0 Å². The average molecular weight is 284 g/mol. The summed E-state index contributed by atoms with van der Waals surface area (Å²) in [6, 6.07) is 10.7. The highest BCUT2D eigenvalue weighted by Crippen LogP contribution is 2.22. The van der Waals surface area contributed by atoms with Gasteiger partial charge in [0.15, 0.2) is 0 Å². The Labute approximate surface area is 126 Å². The first-order valence-electron chi connectivity index (χ1n) is 7.71. The molecule has 1 aliphatic rings. The van der Waals surface area contributed by atoms with Crippen LogP contribution in [-0.2, 0) is 6.54 Å². The zero-order valence-corrected chi connectivity index (χ0v) is 12.9. The second kappa shape index (κ2) is 6.00. The Morgan fingerprint density at radius 2 is 2.10 bits per heavy atom. The van der Waals surface area contributed by atoms with Gasteiger partial charge in [-0.3, -0.25) is 4.90 Å². The maximum absolute atomic E-state index is 5.79. The van der Waals surface area contributed by atoms with E-state index in [1.807, 2.05) is 6.92 Å². The summed E-state index contributed by atoms with van der Waals surface area (Å²) in [6.07, 6.45) is 1.22. The molecule has 2 aromatic rings. The number of nitrogens with zero attached hydrogens (tertiary/aromatic N) is 3. The van der Waals surface area contributed by atoms with Crippen LogP contribution in [0.3, 0.4) is 0 Å². The van der Waals surface area contributed by atoms with Crippen molar-refractivity contribution in [2.24, 2.45) is 11.7 Å². The monoisotopic (exact) mass is 284 g/mol. The number of aryl methyl sites for hydroxylation is 2. The number of nitrogens with two attached hydrogens (primary N) is 1. The predicted octanol–water partition coefficient (Wildman–Crippen LogP) is 2.27. The number of rotatable bonds is 4. The van der Waals surface area contributed by atoms with Crippen molar-refractivity contribution in [3.05, 3.63) is 47.3 Å². The molecule has 4 heteroatoms. The van der Waals surface area contributed by atoms with Gasteiger partial charge < -0.3 is 5.73 Å². The topological polar surface area (TPSA) is 47.1 Å². The van der Waals surface area contributed by atoms with Crippen LogP contribution >= 0.6 is 0 Å². The van der Waals surface area contributed by atoms with Crippen LogP contribution in [-0.4, -0.2) is 34.3 Å². The number of hydrogen-bond acceptors (Lipinski definition) is 3. The van der Waals surface area contributed by atoms with Gasteiger partial charge >= 0.3 is 0 Å². The molecule has 0 bridgehead atoms. The van der Waals surface area contributed by atoms with Gasteiger partial charge in [-0.2, -0.15) is 5.10 Å². The molecule has 1 unspecified atom stereocenters. The Morgan fingerprint density at radius 3 is 2.76 bits per heavy atom. The number of likely N-dealkylation sites (tertiary alicyclic amines) is 1. The molecule has 1 fully saturated rings. The third-order valence-corrected chi connectivity index (χ3v) is 4.33. The lowest BCUT2D eigenvalue weighted by atomic mass is 10.1. The van der Waals surface area contributed by atoms with Gasteiger partial charge in [-0.05, 0) is 57.0 Å². The minimum Gasteiger partial charge on any atom is -0.330 e. The third-order valence-electron chi connectivity index (χ3n) is 4.33. The Bertz CT molecular complexity index is 617. The van der Waals surface area contributed by atoms with Crippen molar-refractivity contribution in [1.29, 1.82) is 0 Å². The summed E-state index contributed by atoms with van der Waals surface area (Å²) < 4.78 is 2.06. The lowest BCUT2D eigenvalue weighted by Gasteiger charge is -2.18. The van der Waals surface area contributed by atoms with E-state index in [0.29, 0.717) is 5.92 Å². The van der Waals surface area contributed by atoms with E-state index in [-0.39, 0.29) is 0 Å². The van der Waals surface area contributed by atoms with E-state index in [1.165, 1.54) is 23.4 Å². The standard InChI is InChI=1S/C17H24N4/c1-13-9-14(2)21(19-13)17-6-4-3-5-16(17)12-20-8-7-15(10-18)11-20/h3-6,9,15H,7-8,10-12,18H2,1-2H3. The minimum absolute atomic E-state index is 0.658. The van der Waals surface area contributed by atoms with Crippen molar-refractivity contribution >= 4 is 0 Å². The molecule has 1 aliphatic heterocycles. The summed E-state index contributed by atoms with van der Waals surface area (Å²) in [5, 5.41) is 4.62. The summed E-state index contributed by atoms with van der Waals surface area (Å²) in [4.78, 5) is 2.50. The summed E-state index contributed by atoms with van der Waals surface area (Å²) in [5.74, 6) is 0.658. The van der Waals surface area contributed by atoms with Crippen molar-refractivity contribution in [2.45, 2.75) is 26.8 Å². The fraction of sp³-hybridized carbons (Fsp3) is 0.471. The molecular formula is C17H24N4. The maximum atomic E-state index is 5.79. The van der Waals surface area contributed by atoms with Crippen LogP contribution in [0.4, 0.5) is 0 Å². The predicted molar refractivity (Wildman–Crippen MR) is 85.5 cm³/mol. The summed E-state index contributed by atoms with van der Waals surface area (Å²) in [5.41, 5.74) is 10.6. The molecule has 0 spiro atoms. The zero-order chi connectivity index (χ0) is 14.8. The quantitative estimate of drug-likeness (QED) is 0.937. The van der Waals surface area contributed by atoms with Gasteiger partial charge in [0.2, 0.25) is 0 Å². The number of aromatic nitrogens is 2. The molecule has 2 N–H and O–H groups in total. The molecule has 1 aromatic carbocycles. The minimum atomic E-state index is 0.658. The Hall–Kier alpha value is -1.65. The van der Waals surface area contributed by atoms with Crippen LogP contribution in [0.1, 0.15) is 23.4 Å². The Balaban J connectivity index is 1.85. The second-order valence-corrected chi connectivity index (χ2v) is 6.09. The van der Waals surface area contributed by atoms with Crippen LogP contribution in [0.5, 0.6) is 0 Å². The van der Waals surface area contributed by atoms with Crippen LogP contribution < -0.4 is 5.73 Å². The van der Waals surface area contributed by atoms with Crippen molar-refractivity contribution in [3.63, 3.8) is 0 Å². The van der Waals surface area contributed by atoms with E-state index in [4.69, 9.17) is 5.73 Å². The summed E-state index contributed by atoms with van der Waals surface area (Å²) in [6.45, 7) is 8.19. The fourth-order valence-electron chi connectivity index (χ4n) is 3.21. The molecular weight excluding hydrogens is 260 g/mol. The van der Waals surface area contributed by atoms with E-state index in [9.17, 15) is 0 Å². The van der Waals surface area contributed by atoms with E-state index < -0.39 is 0 Å². The van der Waals surface area contributed by atoms with Crippen molar-refractivity contribution in [3.8, 4) is 5.69 Å². The number of hydrogen-bond donors (Lipinski definition) is 1. The molecule has 4 nitrogen and oxygen atoms in total. The molecule has 112 valence electrons. The maximum Gasteiger partial charge on any atom is 0.0693 e. The van der Waals surface area contributed by atoms with E-state index in [2.05, 4.69) is 51.9 Å². The Morgan fingerprint density at radius 1 is 1.29 bits per heavy atom. The molecule has 1 saturated heterocycles. The molecule has 2 heterocycles. The molecule has 0 saturated carbocycles. The molecule has 0 radical (unpaired) electrons. The smallest absolute Gasteiger partial charge is 0.0693 e. The first-order chi connectivity index (χ1) is 10.2. The number of benzene rings is 1. The highest BCUT2D eigenvalue weighted by molar-refractivity contribution is 5.42. The third kappa shape index (κ3) is 3.01. The number of para-hydroxylation sites is 1. The summed E-state index contributed by atoms with van der Waals surface area (Å²) >= 11 is 0. The molecule has 0 aliphatic carbocycles. The van der Waals surface area contributed by atoms with Crippen LogP contribution in [0.2, 0.25) is 0 Å². The summed E-state index contributed by atoms with van der Waals surface area (Å²) in [7, 11) is 0. The van der Waals surface area contributed by atoms with E-state index in [1.54, 1.807) is 0 Å². The fourth-order valence-corrected chi connectivity index (χ4v) is 3.21. The average Bonchev–Trinajstić information content (AvgIpc) is 3.06. The van der Waals surface area contributed by atoms with Gasteiger partial charge in [0.25, 0.3) is 0 Å². The first-order valence-corrected chi connectivity index (χ1v) is 7.71. The van der Waals surface area contributed by atoms with E-state index in [0.717, 1.165) is 31.9 Å². The SMILES string of the molecule is Cc1cc(C)n(-c2ccccc2CN2CCC(CN)C2)n1. The van der Waals surface area contributed by atoms with Crippen LogP contribution in [0, 0.1) is 19.8 Å². The highest BCUT2D eigenvalue weighted by atomic mass is 15.3. The zero-order valence-electron chi connectivity index (χ0n) is 12.9. The van der Waals surface area contributed by atoms with Gasteiger partial charge in [0, 0.05) is 18.8 Å².